The summed E-state index contributed by atoms with van der Waals surface area (Å²) in [5.74, 6) is 0.520. The average molecular weight is 405 g/mol. The third-order valence-electron chi connectivity index (χ3n) is 6.06. The summed E-state index contributed by atoms with van der Waals surface area (Å²) >= 11 is 0. The Morgan fingerprint density at radius 3 is 2.50 bits per heavy atom. The normalized spacial score (nSPS) is 22.1. The van der Waals surface area contributed by atoms with Gasteiger partial charge in [-0.05, 0) is 44.7 Å². The summed E-state index contributed by atoms with van der Waals surface area (Å²) in [6.45, 7) is 5.91. The molecule has 1 fully saturated rings. The van der Waals surface area contributed by atoms with Crippen LogP contribution < -0.4 is 5.32 Å². The number of piperidine rings is 1. The minimum atomic E-state index is -1.14. The van der Waals surface area contributed by atoms with Crippen LogP contribution in [0.15, 0.2) is 65.2 Å². The van der Waals surface area contributed by atoms with E-state index < -0.39 is 11.0 Å². The van der Waals surface area contributed by atoms with Crippen molar-refractivity contribution in [1.82, 2.24) is 10.5 Å². The number of aromatic nitrogens is 1. The van der Waals surface area contributed by atoms with Crippen molar-refractivity contribution in [3.05, 3.63) is 77.7 Å². The Kier molecular flexibility index (Phi) is 5.35. The molecule has 0 spiro atoms. The van der Waals surface area contributed by atoms with Crippen LogP contribution in [0.1, 0.15) is 55.4 Å². The van der Waals surface area contributed by atoms with Gasteiger partial charge in [0, 0.05) is 24.2 Å². The van der Waals surface area contributed by atoms with Crippen molar-refractivity contribution >= 4 is 5.78 Å². The summed E-state index contributed by atoms with van der Waals surface area (Å²) in [5, 5.41) is 17.9. The van der Waals surface area contributed by atoms with E-state index in [1.807, 2.05) is 54.6 Å². The fourth-order valence-corrected chi connectivity index (χ4v) is 4.12. The van der Waals surface area contributed by atoms with Gasteiger partial charge in [-0.15, -0.1) is 0 Å². The highest BCUT2D eigenvalue weighted by Crippen LogP contribution is 2.39. The van der Waals surface area contributed by atoms with Crippen LogP contribution in [-0.4, -0.2) is 28.6 Å². The first-order valence-electron chi connectivity index (χ1n) is 10.4. The number of carbonyl (C=O) groups excluding carboxylic acids is 1. The largest absolute Gasteiger partial charge is 0.384 e. The molecule has 3 aromatic rings. The molecule has 0 aliphatic carbocycles. The molecule has 2 aromatic carbocycles. The Morgan fingerprint density at radius 1 is 1.17 bits per heavy atom. The molecule has 4 rings (SSSR count). The van der Waals surface area contributed by atoms with Crippen molar-refractivity contribution in [1.29, 1.82) is 0 Å². The van der Waals surface area contributed by atoms with Crippen LogP contribution >= 0.6 is 0 Å². The maximum Gasteiger partial charge on any atom is 0.178 e. The van der Waals surface area contributed by atoms with Gasteiger partial charge < -0.3 is 14.9 Å². The quantitative estimate of drug-likeness (QED) is 0.614. The molecule has 0 radical (unpaired) electrons. The lowest BCUT2D eigenvalue weighted by Gasteiger charge is -2.37. The molecule has 1 aliphatic heterocycles. The molecule has 2 heterocycles. The van der Waals surface area contributed by atoms with Gasteiger partial charge in [0.15, 0.2) is 11.5 Å². The molecule has 156 valence electrons. The second-order valence-corrected chi connectivity index (χ2v) is 8.78. The molecule has 0 saturated carbocycles. The van der Waals surface area contributed by atoms with E-state index in [1.165, 1.54) is 0 Å². The van der Waals surface area contributed by atoms with Crippen LogP contribution in [0.3, 0.4) is 0 Å². The van der Waals surface area contributed by atoms with Gasteiger partial charge in [0.2, 0.25) is 0 Å². The zero-order valence-corrected chi connectivity index (χ0v) is 17.7. The molecule has 0 bridgehead atoms. The van der Waals surface area contributed by atoms with Crippen LogP contribution in [0, 0.1) is 0 Å². The number of benzene rings is 2. The molecule has 30 heavy (non-hydrogen) atoms. The number of ketones is 1. The van der Waals surface area contributed by atoms with E-state index in [2.05, 4.69) is 17.4 Å². The van der Waals surface area contributed by atoms with E-state index in [-0.39, 0.29) is 5.78 Å². The molecule has 5 heteroatoms. The van der Waals surface area contributed by atoms with Crippen LogP contribution in [0.4, 0.5) is 0 Å². The molecule has 1 aliphatic rings. The first-order valence-corrected chi connectivity index (χ1v) is 10.4. The molecule has 2 N–H and O–H groups in total. The van der Waals surface area contributed by atoms with Crippen LogP contribution in [0.5, 0.6) is 0 Å². The maximum atomic E-state index is 14.1. The number of Topliss-reactive ketones (excluding diaryl/α,β-unsaturated/α-hetero) is 1. The van der Waals surface area contributed by atoms with Crippen molar-refractivity contribution in [2.24, 2.45) is 0 Å². The minimum Gasteiger partial charge on any atom is -0.384 e. The summed E-state index contributed by atoms with van der Waals surface area (Å²) in [4.78, 5) is 14.1. The lowest BCUT2D eigenvalue weighted by molar-refractivity contribution is 0.0695. The van der Waals surface area contributed by atoms with E-state index in [0.29, 0.717) is 36.0 Å². The van der Waals surface area contributed by atoms with Crippen molar-refractivity contribution < 1.29 is 14.4 Å². The lowest BCUT2D eigenvalue weighted by Crippen LogP contribution is -2.52. The number of nitrogens with zero attached hydrogens (tertiary/aromatic N) is 1. The summed E-state index contributed by atoms with van der Waals surface area (Å²) in [6, 6.07) is 19.7. The minimum absolute atomic E-state index is 0.0137. The van der Waals surface area contributed by atoms with Crippen LogP contribution in [0.2, 0.25) is 0 Å². The summed E-state index contributed by atoms with van der Waals surface area (Å²) in [5.41, 5.74) is 1.00. The summed E-state index contributed by atoms with van der Waals surface area (Å²) < 4.78 is 5.69. The first-order chi connectivity index (χ1) is 14.3. The highest BCUT2D eigenvalue weighted by Gasteiger charge is 2.47. The Hall–Kier alpha value is -2.76. The SMILES string of the molecule is C[C@@H]1CC[C@](C(=O)c2ccccc2-c2ccccc2)(c2cc(C(C)(C)O)no2)CN1. The van der Waals surface area contributed by atoms with E-state index in [1.54, 1.807) is 19.9 Å². The number of hydrogen-bond acceptors (Lipinski definition) is 5. The smallest absolute Gasteiger partial charge is 0.178 e. The molecule has 1 aromatic heterocycles. The van der Waals surface area contributed by atoms with E-state index in [9.17, 15) is 9.90 Å². The predicted octanol–water partition coefficient (Wildman–Crippen LogP) is 4.46. The van der Waals surface area contributed by atoms with E-state index >= 15 is 0 Å². The highest BCUT2D eigenvalue weighted by atomic mass is 16.5. The maximum absolute atomic E-state index is 14.1. The zero-order chi connectivity index (χ0) is 21.4. The molecular formula is C25H28N2O3. The predicted molar refractivity (Wildman–Crippen MR) is 116 cm³/mol. The van der Waals surface area contributed by atoms with Gasteiger partial charge in [-0.25, -0.2) is 0 Å². The Labute approximate surface area is 177 Å². The third-order valence-corrected chi connectivity index (χ3v) is 6.06. The standard InChI is InChI=1S/C25H28N2O3/c1-17-13-14-25(16-26-17,22-15-21(27-30-22)24(2,3)29)23(28)20-12-8-7-11-19(20)18-9-5-4-6-10-18/h4-12,15,17,26,29H,13-14,16H2,1-3H3/t17-,25-/m1/s1. The second-order valence-electron chi connectivity index (χ2n) is 8.78. The number of carbonyl (C=O) groups is 1. The third kappa shape index (κ3) is 3.71. The zero-order valence-electron chi connectivity index (χ0n) is 17.7. The van der Waals surface area contributed by atoms with Crippen molar-refractivity contribution in [2.45, 2.75) is 50.7 Å². The van der Waals surface area contributed by atoms with Gasteiger partial charge in [-0.2, -0.15) is 0 Å². The highest BCUT2D eigenvalue weighted by molar-refractivity contribution is 6.08. The van der Waals surface area contributed by atoms with Crippen molar-refractivity contribution in [2.75, 3.05) is 6.54 Å². The Balaban J connectivity index is 1.82. The van der Waals surface area contributed by atoms with E-state index in [4.69, 9.17) is 4.52 Å². The number of nitrogens with one attached hydrogen (secondary N) is 1. The lowest BCUT2D eigenvalue weighted by atomic mass is 9.70. The van der Waals surface area contributed by atoms with Gasteiger partial charge in [0.1, 0.15) is 16.7 Å². The van der Waals surface area contributed by atoms with Gasteiger partial charge in [0.05, 0.1) is 0 Å². The molecule has 2 atom stereocenters. The number of aliphatic hydroxyl groups is 1. The van der Waals surface area contributed by atoms with Crippen LogP contribution in [-0.2, 0) is 11.0 Å². The van der Waals surface area contributed by atoms with Crippen LogP contribution in [0.25, 0.3) is 11.1 Å². The Bertz CT molecular complexity index is 1030. The fourth-order valence-electron chi connectivity index (χ4n) is 4.12. The summed E-state index contributed by atoms with van der Waals surface area (Å²) in [6.07, 6.45) is 1.50. The average Bonchev–Trinajstić information content (AvgIpc) is 3.26. The topological polar surface area (TPSA) is 75.4 Å². The fraction of sp³-hybridized carbons (Fsp3) is 0.360. The number of hydrogen-bond donors (Lipinski definition) is 2. The first kappa shape index (κ1) is 20.5. The van der Waals surface area contributed by atoms with Crippen molar-refractivity contribution in [3.63, 3.8) is 0 Å². The molecule has 5 nitrogen and oxygen atoms in total. The monoisotopic (exact) mass is 404 g/mol. The molecular weight excluding hydrogens is 376 g/mol. The van der Waals surface area contributed by atoms with Gasteiger partial charge in [0.25, 0.3) is 0 Å². The van der Waals surface area contributed by atoms with Gasteiger partial charge >= 0.3 is 0 Å². The molecule has 0 unspecified atom stereocenters. The summed E-state index contributed by atoms with van der Waals surface area (Å²) in [7, 11) is 0. The Morgan fingerprint density at radius 2 is 1.87 bits per heavy atom. The second kappa shape index (κ2) is 7.82. The van der Waals surface area contributed by atoms with Crippen molar-refractivity contribution in [3.8, 4) is 11.1 Å². The van der Waals surface area contributed by atoms with E-state index in [0.717, 1.165) is 17.5 Å². The number of rotatable bonds is 5. The molecule has 0 amide bonds. The molecule has 1 saturated heterocycles. The van der Waals surface area contributed by atoms with Gasteiger partial charge in [-0.1, -0.05) is 59.8 Å². The van der Waals surface area contributed by atoms with Gasteiger partial charge in [-0.3, -0.25) is 4.79 Å².